The fraction of sp³-hybridized carbons (Fsp3) is 0.222. The average molecular weight is 363 g/mol. The van der Waals surface area contributed by atoms with Gasteiger partial charge in [-0.1, -0.05) is 36.7 Å². The number of halogens is 1. The molecule has 2 rings (SSSR count). The number of amides is 1. The molecule has 0 aromatic heterocycles. The maximum absolute atomic E-state index is 12.2. The molecule has 0 saturated carbocycles. The van der Waals surface area contributed by atoms with Crippen LogP contribution in [0, 0.1) is 0 Å². The first kappa shape index (κ1) is 18.6. The SMILES string of the molecule is CCc1ccccc1NC(=O)COC(=O)c1cc(Cl)c(N)cc1OC. The van der Waals surface area contributed by atoms with Crippen LogP contribution in [0.1, 0.15) is 22.8 Å². The summed E-state index contributed by atoms with van der Waals surface area (Å²) in [6, 6.07) is 10.2. The molecule has 0 bridgehead atoms. The van der Waals surface area contributed by atoms with Gasteiger partial charge in [0.15, 0.2) is 6.61 Å². The number of benzene rings is 2. The Hall–Kier alpha value is -2.73. The third kappa shape index (κ3) is 4.64. The molecule has 0 heterocycles. The second-order valence-corrected chi connectivity index (χ2v) is 5.62. The van der Waals surface area contributed by atoms with E-state index < -0.39 is 18.5 Å². The molecule has 0 spiro atoms. The van der Waals surface area contributed by atoms with Gasteiger partial charge in [0.2, 0.25) is 0 Å². The summed E-state index contributed by atoms with van der Waals surface area (Å²) < 4.78 is 10.1. The van der Waals surface area contributed by atoms with Crippen molar-refractivity contribution in [2.24, 2.45) is 0 Å². The Balaban J connectivity index is 2.02. The molecular formula is C18H19ClN2O4. The Kier molecular flexibility index (Phi) is 6.25. The number of methoxy groups -OCH3 is 1. The van der Waals surface area contributed by atoms with Gasteiger partial charge in [-0.25, -0.2) is 4.79 Å². The number of anilines is 2. The second kappa shape index (κ2) is 8.39. The van der Waals surface area contributed by atoms with Crippen molar-refractivity contribution in [3.63, 3.8) is 0 Å². The molecule has 0 saturated heterocycles. The zero-order valence-electron chi connectivity index (χ0n) is 14.0. The standard InChI is InChI=1S/C18H19ClN2O4/c1-3-11-6-4-5-7-15(11)21-17(22)10-25-18(23)12-8-13(19)14(20)9-16(12)24-2/h4-9H,3,10,20H2,1-2H3,(H,21,22). The van der Waals surface area contributed by atoms with E-state index in [0.29, 0.717) is 5.69 Å². The molecule has 0 atom stereocenters. The van der Waals surface area contributed by atoms with Crippen LogP contribution in [0.15, 0.2) is 36.4 Å². The lowest BCUT2D eigenvalue weighted by Gasteiger charge is -2.12. The molecule has 0 unspecified atom stereocenters. The molecule has 0 aliphatic carbocycles. The smallest absolute Gasteiger partial charge is 0.342 e. The largest absolute Gasteiger partial charge is 0.496 e. The third-order valence-corrected chi connectivity index (χ3v) is 3.87. The molecule has 7 heteroatoms. The van der Waals surface area contributed by atoms with Crippen LogP contribution in [-0.4, -0.2) is 25.6 Å². The summed E-state index contributed by atoms with van der Waals surface area (Å²) in [4.78, 5) is 24.2. The minimum absolute atomic E-state index is 0.100. The van der Waals surface area contributed by atoms with Crippen LogP contribution < -0.4 is 15.8 Å². The summed E-state index contributed by atoms with van der Waals surface area (Å²) in [5, 5.41) is 2.93. The van der Waals surface area contributed by atoms with Crippen LogP contribution in [0.4, 0.5) is 11.4 Å². The number of hydrogen-bond acceptors (Lipinski definition) is 5. The Morgan fingerprint density at radius 1 is 1.24 bits per heavy atom. The quantitative estimate of drug-likeness (QED) is 0.607. The van der Waals surface area contributed by atoms with Crippen molar-refractivity contribution < 1.29 is 19.1 Å². The number of carbonyl (C=O) groups excluding carboxylic acids is 2. The molecule has 25 heavy (non-hydrogen) atoms. The van der Waals surface area contributed by atoms with E-state index in [-0.39, 0.29) is 22.0 Å². The van der Waals surface area contributed by atoms with Crippen molar-refractivity contribution in [2.75, 3.05) is 24.8 Å². The van der Waals surface area contributed by atoms with E-state index in [1.54, 1.807) is 6.07 Å². The van der Waals surface area contributed by atoms with Crippen LogP contribution >= 0.6 is 11.6 Å². The second-order valence-electron chi connectivity index (χ2n) is 5.21. The van der Waals surface area contributed by atoms with Gasteiger partial charge in [0, 0.05) is 11.8 Å². The highest BCUT2D eigenvalue weighted by atomic mass is 35.5. The first-order valence-electron chi connectivity index (χ1n) is 7.64. The summed E-state index contributed by atoms with van der Waals surface area (Å²) >= 11 is 5.92. The third-order valence-electron chi connectivity index (χ3n) is 3.55. The van der Waals surface area contributed by atoms with Crippen molar-refractivity contribution in [1.82, 2.24) is 0 Å². The van der Waals surface area contributed by atoms with Crippen LogP contribution in [0.25, 0.3) is 0 Å². The van der Waals surface area contributed by atoms with Gasteiger partial charge >= 0.3 is 5.97 Å². The fourth-order valence-corrected chi connectivity index (χ4v) is 2.41. The predicted octanol–water partition coefficient (Wildman–Crippen LogP) is 3.29. The molecule has 0 fully saturated rings. The van der Waals surface area contributed by atoms with Crippen molar-refractivity contribution >= 4 is 34.9 Å². The highest BCUT2D eigenvalue weighted by Crippen LogP contribution is 2.29. The molecule has 0 radical (unpaired) electrons. The van der Waals surface area contributed by atoms with Gasteiger partial charge in [0.05, 0.1) is 17.8 Å². The monoisotopic (exact) mass is 362 g/mol. The number of rotatable bonds is 6. The van der Waals surface area contributed by atoms with Gasteiger partial charge in [-0.05, 0) is 24.1 Å². The van der Waals surface area contributed by atoms with Crippen molar-refractivity contribution in [2.45, 2.75) is 13.3 Å². The van der Waals surface area contributed by atoms with Crippen LogP contribution in [0.5, 0.6) is 5.75 Å². The number of ether oxygens (including phenoxy) is 2. The lowest BCUT2D eigenvalue weighted by Crippen LogP contribution is -2.21. The molecule has 2 aromatic rings. The van der Waals surface area contributed by atoms with E-state index in [2.05, 4.69) is 5.32 Å². The van der Waals surface area contributed by atoms with Crippen LogP contribution in [-0.2, 0) is 16.0 Å². The zero-order chi connectivity index (χ0) is 18.4. The fourth-order valence-electron chi connectivity index (χ4n) is 2.24. The molecular weight excluding hydrogens is 344 g/mol. The van der Waals surface area contributed by atoms with Crippen molar-refractivity contribution in [1.29, 1.82) is 0 Å². The number of nitrogens with two attached hydrogens (primary N) is 1. The van der Waals surface area contributed by atoms with Gasteiger partial charge in [-0.2, -0.15) is 0 Å². The van der Waals surface area contributed by atoms with E-state index in [0.717, 1.165) is 12.0 Å². The van der Waals surface area contributed by atoms with Crippen LogP contribution in [0.2, 0.25) is 5.02 Å². The number of para-hydroxylation sites is 1. The molecule has 132 valence electrons. The van der Waals surface area contributed by atoms with Crippen molar-refractivity contribution in [3.8, 4) is 5.75 Å². The van der Waals surface area contributed by atoms with Gasteiger partial charge in [-0.3, -0.25) is 4.79 Å². The van der Waals surface area contributed by atoms with Gasteiger partial charge in [0.1, 0.15) is 11.3 Å². The number of nitrogen functional groups attached to an aromatic ring is 1. The Morgan fingerprint density at radius 2 is 1.96 bits per heavy atom. The summed E-state index contributed by atoms with van der Waals surface area (Å²) in [5.74, 6) is -0.934. The summed E-state index contributed by atoms with van der Waals surface area (Å²) in [7, 11) is 1.40. The molecule has 6 nitrogen and oxygen atoms in total. The Bertz CT molecular complexity index is 793. The van der Waals surface area contributed by atoms with Gasteiger partial charge in [0.25, 0.3) is 5.91 Å². The first-order chi connectivity index (χ1) is 12.0. The van der Waals surface area contributed by atoms with Gasteiger partial charge in [-0.15, -0.1) is 0 Å². The Labute approximate surface area is 150 Å². The number of aryl methyl sites for hydroxylation is 1. The van der Waals surface area contributed by atoms with E-state index in [9.17, 15) is 9.59 Å². The van der Waals surface area contributed by atoms with E-state index in [4.69, 9.17) is 26.8 Å². The highest BCUT2D eigenvalue weighted by Gasteiger charge is 2.18. The molecule has 0 aliphatic heterocycles. The van der Waals surface area contributed by atoms with E-state index in [1.807, 2.05) is 25.1 Å². The molecule has 1 amide bonds. The maximum Gasteiger partial charge on any atom is 0.342 e. The van der Waals surface area contributed by atoms with E-state index >= 15 is 0 Å². The highest BCUT2D eigenvalue weighted by molar-refractivity contribution is 6.33. The summed E-state index contributed by atoms with van der Waals surface area (Å²) in [5.41, 5.74) is 7.74. The summed E-state index contributed by atoms with van der Waals surface area (Å²) in [6.07, 6.45) is 0.775. The van der Waals surface area contributed by atoms with Crippen LogP contribution in [0.3, 0.4) is 0 Å². The Morgan fingerprint density at radius 3 is 2.64 bits per heavy atom. The lowest BCUT2D eigenvalue weighted by molar-refractivity contribution is -0.119. The molecule has 3 N–H and O–H groups in total. The van der Waals surface area contributed by atoms with E-state index in [1.165, 1.54) is 19.2 Å². The zero-order valence-corrected chi connectivity index (χ0v) is 14.7. The molecule has 0 aliphatic rings. The lowest BCUT2D eigenvalue weighted by atomic mass is 10.1. The summed E-state index contributed by atoms with van der Waals surface area (Å²) in [6.45, 7) is 1.56. The normalized spacial score (nSPS) is 10.2. The predicted molar refractivity (Wildman–Crippen MR) is 97.1 cm³/mol. The minimum atomic E-state index is -0.724. The number of nitrogens with one attached hydrogen (secondary N) is 1. The number of hydrogen-bond donors (Lipinski definition) is 2. The topological polar surface area (TPSA) is 90.7 Å². The van der Waals surface area contributed by atoms with Gasteiger partial charge < -0.3 is 20.5 Å². The van der Waals surface area contributed by atoms with Crippen molar-refractivity contribution in [3.05, 3.63) is 52.5 Å². The number of esters is 1. The minimum Gasteiger partial charge on any atom is -0.496 e. The maximum atomic E-state index is 12.2. The average Bonchev–Trinajstić information content (AvgIpc) is 2.62. The molecule has 2 aromatic carbocycles. The number of carbonyl (C=O) groups is 2. The first-order valence-corrected chi connectivity index (χ1v) is 8.02.